The monoisotopic (exact) mass is 574 g/mol. The second-order valence-corrected chi connectivity index (χ2v) is 12.4. The Bertz CT molecular complexity index is 1310. The van der Waals surface area contributed by atoms with Gasteiger partial charge in [-0.15, -0.1) is 0 Å². The number of benzene rings is 1. The number of ether oxygens (including phenoxy) is 2. The lowest BCUT2D eigenvalue weighted by atomic mass is 9.82. The van der Waals surface area contributed by atoms with Gasteiger partial charge in [-0.2, -0.15) is 0 Å². The third-order valence-electron chi connectivity index (χ3n) is 7.84. The van der Waals surface area contributed by atoms with Crippen molar-refractivity contribution in [3.8, 4) is 22.8 Å². The number of nitrogens with zero attached hydrogens (tertiary/aromatic N) is 4. The first-order valence-corrected chi connectivity index (χ1v) is 14.0. The number of piperazine rings is 1. The maximum atomic E-state index is 15.1. The third kappa shape index (κ3) is 5.31. The van der Waals surface area contributed by atoms with E-state index < -0.39 is 23.6 Å². The van der Waals surface area contributed by atoms with Crippen LogP contribution >= 0.6 is 11.6 Å². The molecule has 0 radical (unpaired) electrons. The molecule has 2 unspecified atom stereocenters. The number of fused-ring (bicyclic) bond motifs is 2. The number of carbonyl (C=O) groups excluding carboxylic acids is 2. The summed E-state index contributed by atoms with van der Waals surface area (Å²) < 4.78 is 26.9. The predicted molar refractivity (Wildman–Crippen MR) is 148 cm³/mol. The maximum Gasteiger partial charge on any atom is 0.410 e. The van der Waals surface area contributed by atoms with Crippen LogP contribution in [0.1, 0.15) is 56.1 Å². The molecule has 0 saturated carbocycles. The van der Waals surface area contributed by atoms with Crippen molar-refractivity contribution >= 4 is 23.6 Å². The summed E-state index contributed by atoms with van der Waals surface area (Å²) in [5.41, 5.74) is 0.0387. The van der Waals surface area contributed by atoms with Crippen LogP contribution in [0.5, 0.6) is 11.5 Å². The predicted octanol–water partition coefficient (Wildman–Crippen LogP) is 4.76. The van der Waals surface area contributed by atoms with E-state index in [4.69, 9.17) is 26.1 Å². The van der Waals surface area contributed by atoms with E-state index >= 15 is 4.39 Å². The lowest BCUT2D eigenvalue weighted by molar-refractivity contribution is 0.000921. The number of aromatic hydroxyl groups is 1. The molecule has 3 aliphatic heterocycles. The molecule has 2 saturated heterocycles. The van der Waals surface area contributed by atoms with Gasteiger partial charge < -0.3 is 29.3 Å². The summed E-state index contributed by atoms with van der Waals surface area (Å²) in [5, 5.41) is 10.6. The molecule has 0 spiro atoms. The van der Waals surface area contributed by atoms with Gasteiger partial charge in [0.2, 0.25) is 0 Å². The average Bonchev–Trinajstić information content (AvgIpc) is 3.01. The Morgan fingerprint density at radius 1 is 1.20 bits per heavy atom. The zero-order valence-corrected chi connectivity index (χ0v) is 24.3. The zero-order valence-electron chi connectivity index (χ0n) is 23.5. The van der Waals surface area contributed by atoms with Crippen LogP contribution in [-0.4, -0.2) is 94.8 Å². The van der Waals surface area contributed by atoms with E-state index in [1.54, 1.807) is 9.80 Å². The second-order valence-electron chi connectivity index (χ2n) is 12.0. The molecule has 216 valence electrons. The van der Waals surface area contributed by atoms with Crippen LogP contribution in [-0.2, 0) is 4.74 Å². The standard InChI is InChI=1S/C29H36ClFN4O5/c1-16-13-33(5)10-9-18(16)24-22-26(23(30)25(32-24)21-19(31)7-6-8-20(21)36)39-15-17-14-34(11-12-35(17)27(22)37)28(38)40-29(2,3)4/h6-8,16-18,36H,9-15H2,1-5H3/t16?,17-,18?/m1/s1. The molecular formula is C29H36ClFN4O5. The fourth-order valence-corrected chi connectivity index (χ4v) is 6.21. The summed E-state index contributed by atoms with van der Waals surface area (Å²) in [4.78, 5) is 37.4. The molecule has 2 aromatic rings. The van der Waals surface area contributed by atoms with Crippen molar-refractivity contribution in [3.63, 3.8) is 0 Å². The normalized spacial score (nSPS) is 23.7. The van der Waals surface area contributed by atoms with Crippen molar-refractivity contribution in [1.82, 2.24) is 19.7 Å². The van der Waals surface area contributed by atoms with Crippen LogP contribution < -0.4 is 4.74 Å². The molecule has 40 heavy (non-hydrogen) atoms. The van der Waals surface area contributed by atoms with Crippen LogP contribution in [0.2, 0.25) is 5.02 Å². The highest BCUT2D eigenvalue weighted by Crippen LogP contribution is 2.47. The van der Waals surface area contributed by atoms with Gasteiger partial charge in [-0.3, -0.25) is 4.79 Å². The number of phenolic OH excluding ortho intramolecular Hbond substituents is 1. The topological polar surface area (TPSA) is 95.4 Å². The Balaban J connectivity index is 1.59. The first kappa shape index (κ1) is 28.4. The molecule has 1 N–H and O–H groups in total. The van der Waals surface area contributed by atoms with Gasteiger partial charge in [-0.25, -0.2) is 14.2 Å². The third-order valence-corrected chi connectivity index (χ3v) is 8.19. The average molecular weight is 575 g/mol. The molecule has 1 aromatic heterocycles. The van der Waals surface area contributed by atoms with E-state index in [0.29, 0.717) is 18.8 Å². The first-order chi connectivity index (χ1) is 18.9. The molecule has 11 heteroatoms. The maximum absolute atomic E-state index is 15.1. The zero-order chi connectivity index (χ0) is 28.9. The minimum atomic E-state index is -0.679. The molecule has 2 amide bonds. The fourth-order valence-electron chi connectivity index (χ4n) is 5.92. The molecule has 3 atom stereocenters. The Labute approximate surface area is 238 Å². The lowest BCUT2D eigenvalue weighted by Crippen LogP contribution is -2.58. The molecular weight excluding hydrogens is 539 g/mol. The number of rotatable bonds is 2. The molecule has 4 heterocycles. The quantitative estimate of drug-likeness (QED) is 0.553. The van der Waals surface area contributed by atoms with Crippen molar-refractivity contribution < 1.29 is 28.6 Å². The van der Waals surface area contributed by atoms with E-state index in [-0.39, 0.29) is 64.2 Å². The van der Waals surface area contributed by atoms with Crippen molar-refractivity contribution in [1.29, 1.82) is 0 Å². The number of pyridine rings is 1. The summed E-state index contributed by atoms with van der Waals surface area (Å²) in [7, 11) is 2.05. The number of hydrogen-bond donors (Lipinski definition) is 1. The Morgan fingerprint density at radius 2 is 1.95 bits per heavy atom. The highest BCUT2D eigenvalue weighted by Gasteiger charge is 2.43. The van der Waals surface area contributed by atoms with Crippen LogP contribution in [0, 0.1) is 11.7 Å². The summed E-state index contributed by atoms with van der Waals surface area (Å²) in [6, 6.07) is 3.57. The number of halogens is 2. The van der Waals surface area contributed by atoms with Gasteiger partial charge in [-0.1, -0.05) is 24.6 Å². The molecule has 2 fully saturated rings. The van der Waals surface area contributed by atoms with E-state index in [0.717, 1.165) is 19.5 Å². The van der Waals surface area contributed by atoms with Gasteiger partial charge >= 0.3 is 6.09 Å². The largest absolute Gasteiger partial charge is 0.507 e. The summed E-state index contributed by atoms with van der Waals surface area (Å²) in [6.45, 7) is 10.1. The minimum absolute atomic E-state index is 0.0306. The summed E-state index contributed by atoms with van der Waals surface area (Å²) in [5.74, 6) is -1.08. The van der Waals surface area contributed by atoms with Crippen molar-refractivity contribution in [2.45, 2.75) is 51.7 Å². The van der Waals surface area contributed by atoms with E-state index in [9.17, 15) is 14.7 Å². The number of hydrogen-bond acceptors (Lipinski definition) is 7. The SMILES string of the molecule is CC1CN(C)CCC1c1nc(-c2c(O)cccc2F)c(Cl)c2c1C(=O)N1CCN(C(=O)OC(C)(C)C)C[C@@H]1CO2. The van der Waals surface area contributed by atoms with Crippen LogP contribution in [0.15, 0.2) is 18.2 Å². The molecule has 5 rings (SSSR count). The number of carbonyl (C=O) groups is 2. The Kier molecular flexibility index (Phi) is 7.60. The summed E-state index contributed by atoms with van der Waals surface area (Å²) >= 11 is 6.83. The second kappa shape index (κ2) is 10.7. The highest BCUT2D eigenvalue weighted by atomic mass is 35.5. The van der Waals surface area contributed by atoms with E-state index in [1.165, 1.54) is 18.2 Å². The van der Waals surface area contributed by atoms with Gasteiger partial charge in [0.05, 0.1) is 23.0 Å². The van der Waals surface area contributed by atoms with Crippen molar-refractivity contribution in [3.05, 3.63) is 40.3 Å². The van der Waals surface area contributed by atoms with Crippen LogP contribution in [0.25, 0.3) is 11.3 Å². The molecule has 0 bridgehead atoms. The van der Waals surface area contributed by atoms with Gasteiger partial charge in [0, 0.05) is 32.1 Å². The van der Waals surface area contributed by atoms with Gasteiger partial charge in [-0.05, 0) is 58.8 Å². The van der Waals surface area contributed by atoms with E-state index in [2.05, 4.69) is 11.8 Å². The number of piperidine rings is 1. The Hall–Kier alpha value is -3.11. The molecule has 0 aliphatic carbocycles. The fraction of sp³-hybridized carbons (Fsp3) is 0.552. The van der Waals surface area contributed by atoms with Crippen molar-refractivity contribution in [2.24, 2.45) is 5.92 Å². The summed E-state index contributed by atoms with van der Waals surface area (Å²) in [6.07, 6.45) is 0.295. The van der Waals surface area contributed by atoms with Crippen molar-refractivity contribution in [2.75, 3.05) is 46.4 Å². The minimum Gasteiger partial charge on any atom is -0.507 e. The van der Waals surface area contributed by atoms with Gasteiger partial charge in [0.15, 0.2) is 5.75 Å². The number of amides is 2. The molecule has 9 nitrogen and oxygen atoms in total. The highest BCUT2D eigenvalue weighted by molar-refractivity contribution is 6.35. The smallest absolute Gasteiger partial charge is 0.410 e. The molecule has 3 aliphatic rings. The molecule has 1 aromatic carbocycles. The van der Waals surface area contributed by atoms with E-state index in [1.807, 2.05) is 27.8 Å². The lowest BCUT2D eigenvalue weighted by Gasteiger charge is -2.40. The van der Waals surface area contributed by atoms with Gasteiger partial charge in [0.1, 0.15) is 34.4 Å². The number of aromatic nitrogens is 1. The number of phenols is 1. The Morgan fingerprint density at radius 3 is 2.62 bits per heavy atom. The van der Waals surface area contributed by atoms with Crippen LogP contribution in [0.3, 0.4) is 0 Å². The van der Waals surface area contributed by atoms with Crippen LogP contribution in [0.4, 0.5) is 9.18 Å². The van der Waals surface area contributed by atoms with Gasteiger partial charge in [0.25, 0.3) is 5.91 Å². The number of likely N-dealkylation sites (tertiary alicyclic amines) is 1. The first-order valence-electron chi connectivity index (χ1n) is 13.7.